The molecule has 0 aliphatic heterocycles. The third-order valence-corrected chi connectivity index (χ3v) is 3.61. The molecule has 3 heterocycles. The summed E-state index contributed by atoms with van der Waals surface area (Å²) in [6.07, 6.45) is 4.38. The minimum atomic E-state index is 0.623. The molecule has 4 nitrogen and oxygen atoms in total. The Morgan fingerprint density at radius 2 is 2.39 bits per heavy atom. The molecule has 18 heavy (non-hydrogen) atoms. The number of hydrogen-bond acceptors (Lipinski definition) is 4. The molecule has 5 heteroatoms. The van der Waals surface area contributed by atoms with E-state index in [1.807, 2.05) is 35.2 Å². The number of rotatable bonds is 3. The highest BCUT2D eigenvalue weighted by atomic mass is 32.1. The Labute approximate surface area is 108 Å². The van der Waals surface area contributed by atoms with Gasteiger partial charge in [-0.3, -0.25) is 9.78 Å². The van der Waals surface area contributed by atoms with Crippen LogP contribution in [0.4, 0.5) is 0 Å². The molecule has 0 amide bonds. The van der Waals surface area contributed by atoms with Crippen LogP contribution in [-0.4, -0.2) is 20.8 Å². The lowest BCUT2D eigenvalue weighted by Crippen LogP contribution is -1.98. The molecule has 0 N–H and O–H groups in total. The molecule has 3 rings (SSSR count). The molecule has 0 aromatic carbocycles. The summed E-state index contributed by atoms with van der Waals surface area (Å²) in [7, 11) is 0. The Morgan fingerprint density at radius 1 is 1.50 bits per heavy atom. The topological polar surface area (TPSA) is 47.8 Å². The first-order valence-corrected chi connectivity index (χ1v) is 6.46. The van der Waals surface area contributed by atoms with Gasteiger partial charge in [0.15, 0.2) is 6.29 Å². The number of aryl methyl sites for hydroxylation is 1. The SMILES string of the molecule is Cc1nc(Cn2cc(C=O)c3ncccc32)cs1. The van der Waals surface area contributed by atoms with Crippen molar-refractivity contribution in [3.63, 3.8) is 0 Å². The van der Waals surface area contributed by atoms with E-state index in [2.05, 4.69) is 9.97 Å². The number of pyridine rings is 1. The lowest BCUT2D eigenvalue weighted by molar-refractivity contribution is 0.112. The fourth-order valence-electron chi connectivity index (χ4n) is 2.02. The number of carbonyl (C=O) groups is 1. The summed E-state index contributed by atoms with van der Waals surface area (Å²) in [5.74, 6) is 0. The summed E-state index contributed by atoms with van der Waals surface area (Å²) in [5.41, 5.74) is 3.35. The van der Waals surface area contributed by atoms with E-state index in [4.69, 9.17) is 0 Å². The number of thiazole rings is 1. The van der Waals surface area contributed by atoms with Gasteiger partial charge in [0.25, 0.3) is 0 Å². The lowest BCUT2D eigenvalue weighted by Gasteiger charge is -2.01. The van der Waals surface area contributed by atoms with Gasteiger partial charge in [0.2, 0.25) is 0 Å². The number of aromatic nitrogens is 3. The quantitative estimate of drug-likeness (QED) is 0.678. The van der Waals surface area contributed by atoms with Gasteiger partial charge in [-0.05, 0) is 19.1 Å². The van der Waals surface area contributed by atoms with Crippen LogP contribution in [-0.2, 0) is 6.54 Å². The number of aldehydes is 1. The van der Waals surface area contributed by atoms with Crippen LogP contribution in [0.5, 0.6) is 0 Å². The normalized spacial score (nSPS) is 10.9. The van der Waals surface area contributed by atoms with Crippen molar-refractivity contribution in [2.75, 3.05) is 0 Å². The van der Waals surface area contributed by atoms with Gasteiger partial charge in [-0.25, -0.2) is 4.98 Å². The van der Waals surface area contributed by atoms with Crippen LogP contribution >= 0.6 is 11.3 Å². The van der Waals surface area contributed by atoms with E-state index in [1.165, 1.54) is 0 Å². The number of nitrogens with zero attached hydrogens (tertiary/aromatic N) is 3. The predicted molar refractivity (Wildman–Crippen MR) is 71.1 cm³/mol. The zero-order chi connectivity index (χ0) is 12.5. The number of hydrogen-bond donors (Lipinski definition) is 0. The van der Waals surface area contributed by atoms with E-state index >= 15 is 0 Å². The molecule has 90 valence electrons. The van der Waals surface area contributed by atoms with Crippen molar-refractivity contribution in [3.05, 3.63) is 46.2 Å². The fourth-order valence-corrected chi connectivity index (χ4v) is 2.63. The Kier molecular flexibility index (Phi) is 2.68. The maximum absolute atomic E-state index is 11.0. The molecule has 3 aromatic rings. The molecular formula is C13H11N3OS. The zero-order valence-electron chi connectivity index (χ0n) is 9.83. The molecular weight excluding hydrogens is 246 g/mol. The summed E-state index contributed by atoms with van der Waals surface area (Å²) in [4.78, 5) is 19.7. The van der Waals surface area contributed by atoms with Crippen molar-refractivity contribution in [2.24, 2.45) is 0 Å². The molecule has 0 spiro atoms. The summed E-state index contributed by atoms with van der Waals surface area (Å²) in [6.45, 7) is 2.65. The molecule has 0 unspecified atom stereocenters. The van der Waals surface area contributed by atoms with E-state index in [9.17, 15) is 4.79 Å². The van der Waals surface area contributed by atoms with Crippen molar-refractivity contribution >= 4 is 28.7 Å². The minimum Gasteiger partial charge on any atom is -0.339 e. The lowest BCUT2D eigenvalue weighted by atomic mass is 10.3. The van der Waals surface area contributed by atoms with Crippen molar-refractivity contribution in [1.82, 2.24) is 14.5 Å². The van der Waals surface area contributed by atoms with E-state index in [-0.39, 0.29) is 0 Å². The van der Waals surface area contributed by atoms with Gasteiger partial charge in [0, 0.05) is 17.8 Å². The average Bonchev–Trinajstić information content (AvgIpc) is 2.95. The van der Waals surface area contributed by atoms with Gasteiger partial charge in [-0.15, -0.1) is 11.3 Å². The molecule has 0 saturated heterocycles. The molecule has 3 aromatic heterocycles. The average molecular weight is 257 g/mol. The number of fused-ring (bicyclic) bond motifs is 1. The second-order valence-electron chi connectivity index (χ2n) is 4.06. The largest absolute Gasteiger partial charge is 0.339 e. The van der Waals surface area contributed by atoms with Crippen molar-refractivity contribution in [3.8, 4) is 0 Å². The first-order chi connectivity index (χ1) is 8.78. The summed E-state index contributed by atoms with van der Waals surface area (Å²) in [5, 5.41) is 3.09. The first-order valence-electron chi connectivity index (χ1n) is 5.58. The number of carbonyl (C=O) groups excluding carboxylic acids is 1. The molecule has 0 aliphatic carbocycles. The standard InChI is InChI=1S/C13H11N3OS/c1-9-15-11(8-18-9)6-16-5-10(7-17)13-12(16)3-2-4-14-13/h2-5,7-8H,6H2,1H3. The Bertz CT molecular complexity index is 714. The Morgan fingerprint density at radius 3 is 3.11 bits per heavy atom. The highest BCUT2D eigenvalue weighted by Gasteiger charge is 2.09. The Hall–Kier alpha value is -2.01. The van der Waals surface area contributed by atoms with Crippen LogP contribution in [0.2, 0.25) is 0 Å². The van der Waals surface area contributed by atoms with Crippen LogP contribution in [0.1, 0.15) is 21.1 Å². The molecule has 0 fully saturated rings. The van der Waals surface area contributed by atoms with E-state index in [0.29, 0.717) is 12.1 Å². The third kappa shape index (κ3) is 1.82. The predicted octanol–water partition coefficient (Wildman–Crippen LogP) is 2.66. The van der Waals surface area contributed by atoms with Crippen LogP contribution in [0.15, 0.2) is 29.9 Å². The monoisotopic (exact) mass is 257 g/mol. The third-order valence-electron chi connectivity index (χ3n) is 2.79. The molecule has 0 radical (unpaired) electrons. The van der Waals surface area contributed by atoms with Gasteiger partial charge < -0.3 is 4.57 Å². The van der Waals surface area contributed by atoms with E-state index in [0.717, 1.165) is 28.0 Å². The second-order valence-corrected chi connectivity index (χ2v) is 5.12. The second kappa shape index (κ2) is 4.34. The molecule has 0 atom stereocenters. The smallest absolute Gasteiger partial charge is 0.153 e. The van der Waals surface area contributed by atoms with Gasteiger partial charge in [-0.1, -0.05) is 0 Å². The molecule has 0 saturated carbocycles. The zero-order valence-corrected chi connectivity index (χ0v) is 10.6. The minimum absolute atomic E-state index is 0.623. The summed E-state index contributed by atoms with van der Waals surface area (Å²) >= 11 is 1.63. The van der Waals surface area contributed by atoms with Crippen molar-refractivity contribution < 1.29 is 4.79 Å². The van der Waals surface area contributed by atoms with Gasteiger partial charge in [-0.2, -0.15) is 0 Å². The first kappa shape index (κ1) is 11.1. The Balaban J connectivity index is 2.09. The van der Waals surface area contributed by atoms with Crippen LogP contribution in [0.3, 0.4) is 0 Å². The molecule has 0 aliphatic rings. The highest BCUT2D eigenvalue weighted by molar-refractivity contribution is 7.09. The van der Waals surface area contributed by atoms with Crippen molar-refractivity contribution in [2.45, 2.75) is 13.5 Å². The fraction of sp³-hybridized carbons (Fsp3) is 0.154. The van der Waals surface area contributed by atoms with Gasteiger partial charge >= 0.3 is 0 Å². The maximum Gasteiger partial charge on any atom is 0.153 e. The van der Waals surface area contributed by atoms with Crippen LogP contribution < -0.4 is 0 Å². The summed E-state index contributed by atoms with van der Waals surface area (Å²) in [6, 6.07) is 3.84. The van der Waals surface area contributed by atoms with E-state index < -0.39 is 0 Å². The maximum atomic E-state index is 11.0. The van der Waals surface area contributed by atoms with Gasteiger partial charge in [0.05, 0.1) is 33.8 Å². The van der Waals surface area contributed by atoms with Crippen molar-refractivity contribution in [1.29, 1.82) is 0 Å². The van der Waals surface area contributed by atoms with Crippen LogP contribution in [0, 0.1) is 6.92 Å². The molecule has 0 bridgehead atoms. The summed E-state index contributed by atoms with van der Waals surface area (Å²) < 4.78 is 2.01. The van der Waals surface area contributed by atoms with Gasteiger partial charge in [0.1, 0.15) is 0 Å². The van der Waals surface area contributed by atoms with E-state index in [1.54, 1.807) is 17.5 Å². The van der Waals surface area contributed by atoms with Crippen LogP contribution in [0.25, 0.3) is 11.0 Å². The highest BCUT2D eigenvalue weighted by Crippen LogP contribution is 2.19.